The summed E-state index contributed by atoms with van der Waals surface area (Å²) >= 11 is 2.36. The Balaban J connectivity index is 2.13. The van der Waals surface area contributed by atoms with Gasteiger partial charge in [0.05, 0.1) is 12.5 Å². The standard InChI is InChI=1S/C15H18INO/c1-2-7-17-15(9-12-6-8-18-11-12)13-4-3-5-14(16)10-13/h3-6,8,10-11,15,17H,2,7,9H2,1H3. The smallest absolute Gasteiger partial charge is 0.0935 e. The first-order valence-corrected chi connectivity index (χ1v) is 7.37. The van der Waals surface area contributed by atoms with Gasteiger partial charge in [0.25, 0.3) is 0 Å². The van der Waals surface area contributed by atoms with Crippen LogP contribution in [0, 0.1) is 3.57 Å². The van der Waals surface area contributed by atoms with E-state index in [2.05, 4.69) is 59.1 Å². The Bertz CT molecular complexity index is 467. The molecule has 2 rings (SSSR count). The van der Waals surface area contributed by atoms with Gasteiger partial charge in [0, 0.05) is 9.61 Å². The molecule has 1 atom stereocenters. The van der Waals surface area contributed by atoms with Crippen LogP contribution in [0.2, 0.25) is 0 Å². The third-order valence-electron chi connectivity index (χ3n) is 2.91. The fraction of sp³-hybridized carbons (Fsp3) is 0.333. The minimum atomic E-state index is 0.359. The molecular weight excluding hydrogens is 337 g/mol. The number of hydrogen-bond donors (Lipinski definition) is 1. The highest BCUT2D eigenvalue weighted by Gasteiger charge is 2.12. The predicted octanol–water partition coefficient (Wildman–Crippen LogP) is 4.17. The topological polar surface area (TPSA) is 25.2 Å². The first kappa shape index (κ1) is 13.6. The van der Waals surface area contributed by atoms with Crippen LogP contribution in [0.5, 0.6) is 0 Å². The average Bonchev–Trinajstić information content (AvgIpc) is 2.87. The van der Waals surface area contributed by atoms with Gasteiger partial charge in [-0.15, -0.1) is 0 Å². The van der Waals surface area contributed by atoms with Crippen molar-refractivity contribution in [3.8, 4) is 0 Å². The van der Waals surface area contributed by atoms with E-state index in [0.717, 1.165) is 19.4 Å². The Morgan fingerprint density at radius 1 is 1.33 bits per heavy atom. The van der Waals surface area contributed by atoms with Crippen LogP contribution < -0.4 is 5.32 Å². The van der Waals surface area contributed by atoms with Gasteiger partial charge < -0.3 is 9.73 Å². The molecule has 3 heteroatoms. The number of hydrogen-bond acceptors (Lipinski definition) is 2. The zero-order valence-corrected chi connectivity index (χ0v) is 12.7. The normalized spacial score (nSPS) is 12.6. The summed E-state index contributed by atoms with van der Waals surface area (Å²) in [6, 6.07) is 11.1. The van der Waals surface area contributed by atoms with Crippen molar-refractivity contribution in [3.05, 3.63) is 57.6 Å². The third kappa shape index (κ3) is 3.85. The summed E-state index contributed by atoms with van der Waals surface area (Å²) in [6.45, 7) is 3.23. The van der Waals surface area contributed by atoms with Crippen molar-refractivity contribution < 1.29 is 4.42 Å². The largest absolute Gasteiger partial charge is 0.472 e. The predicted molar refractivity (Wildman–Crippen MR) is 82.6 cm³/mol. The molecule has 0 fully saturated rings. The molecule has 0 spiro atoms. The molecule has 2 aromatic rings. The molecule has 0 aliphatic carbocycles. The first-order chi connectivity index (χ1) is 8.79. The summed E-state index contributed by atoms with van der Waals surface area (Å²) in [6.07, 6.45) is 5.68. The molecular formula is C15H18INO. The maximum absolute atomic E-state index is 5.15. The average molecular weight is 355 g/mol. The molecule has 0 amide bonds. The number of benzene rings is 1. The molecule has 1 heterocycles. The van der Waals surface area contributed by atoms with Crippen molar-refractivity contribution >= 4 is 22.6 Å². The highest BCUT2D eigenvalue weighted by molar-refractivity contribution is 14.1. The van der Waals surface area contributed by atoms with E-state index in [1.54, 1.807) is 6.26 Å². The first-order valence-electron chi connectivity index (χ1n) is 6.29. The fourth-order valence-electron chi connectivity index (χ4n) is 1.99. The van der Waals surface area contributed by atoms with Crippen LogP contribution >= 0.6 is 22.6 Å². The highest BCUT2D eigenvalue weighted by atomic mass is 127. The van der Waals surface area contributed by atoms with Gasteiger partial charge in [-0.05, 0) is 71.3 Å². The van der Waals surface area contributed by atoms with E-state index in [1.165, 1.54) is 14.7 Å². The van der Waals surface area contributed by atoms with Crippen LogP contribution in [0.4, 0.5) is 0 Å². The number of halogens is 1. The van der Waals surface area contributed by atoms with Gasteiger partial charge in [-0.25, -0.2) is 0 Å². The molecule has 2 nitrogen and oxygen atoms in total. The molecule has 0 aliphatic rings. The monoisotopic (exact) mass is 355 g/mol. The lowest BCUT2D eigenvalue weighted by Crippen LogP contribution is -2.24. The minimum Gasteiger partial charge on any atom is -0.472 e. The molecule has 0 radical (unpaired) electrons. The van der Waals surface area contributed by atoms with E-state index in [9.17, 15) is 0 Å². The van der Waals surface area contributed by atoms with Crippen LogP contribution in [-0.2, 0) is 6.42 Å². The van der Waals surface area contributed by atoms with Gasteiger partial charge >= 0.3 is 0 Å². The van der Waals surface area contributed by atoms with Crippen LogP contribution in [0.25, 0.3) is 0 Å². The van der Waals surface area contributed by atoms with E-state index in [0.29, 0.717) is 6.04 Å². The highest BCUT2D eigenvalue weighted by Crippen LogP contribution is 2.20. The lowest BCUT2D eigenvalue weighted by molar-refractivity contribution is 0.520. The van der Waals surface area contributed by atoms with Crippen molar-refractivity contribution in [1.82, 2.24) is 5.32 Å². The SMILES string of the molecule is CCCNC(Cc1ccoc1)c1cccc(I)c1. The fourth-order valence-corrected chi connectivity index (χ4v) is 2.56. The van der Waals surface area contributed by atoms with Crippen LogP contribution in [0.1, 0.15) is 30.5 Å². The molecule has 0 saturated carbocycles. The van der Waals surface area contributed by atoms with E-state index in [4.69, 9.17) is 4.42 Å². The molecule has 1 unspecified atom stereocenters. The Kier molecular flexibility index (Phi) is 5.26. The summed E-state index contributed by atoms with van der Waals surface area (Å²) in [5.41, 5.74) is 2.58. The van der Waals surface area contributed by atoms with E-state index in [-0.39, 0.29) is 0 Å². The zero-order valence-electron chi connectivity index (χ0n) is 10.5. The Hall–Kier alpha value is -0.810. The molecule has 18 heavy (non-hydrogen) atoms. The van der Waals surface area contributed by atoms with E-state index < -0.39 is 0 Å². The van der Waals surface area contributed by atoms with Crippen molar-refractivity contribution in [3.63, 3.8) is 0 Å². The second-order valence-corrected chi connectivity index (χ2v) is 5.64. The molecule has 1 aromatic heterocycles. The van der Waals surface area contributed by atoms with Gasteiger partial charge in [-0.2, -0.15) is 0 Å². The van der Waals surface area contributed by atoms with Gasteiger partial charge in [0.1, 0.15) is 0 Å². The number of rotatable bonds is 6. The number of furan rings is 1. The second kappa shape index (κ2) is 6.95. The minimum absolute atomic E-state index is 0.359. The van der Waals surface area contributed by atoms with Crippen molar-refractivity contribution in [2.45, 2.75) is 25.8 Å². The van der Waals surface area contributed by atoms with Crippen LogP contribution in [-0.4, -0.2) is 6.54 Å². The number of nitrogens with one attached hydrogen (secondary N) is 1. The molecule has 0 bridgehead atoms. The van der Waals surface area contributed by atoms with Crippen molar-refractivity contribution in [2.75, 3.05) is 6.54 Å². The Morgan fingerprint density at radius 3 is 2.89 bits per heavy atom. The lowest BCUT2D eigenvalue weighted by Gasteiger charge is -2.18. The van der Waals surface area contributed by atoms with Gasteiger partial charge in [0.15, 0.2) is 0 Å². The molecule has 1 aromatic carbocycles. The summed E-state index contributed by atoms with van der Waals surface area (Å²) in [5, 5.41) is 3.61. The summed E-state index contributed by atoms with van der Waals surface area (Å²) in [4.78, 5) is 0. The van der Waals surface area contributed by atoms with Gasteiger partial charge in [-0.1, -0.05) is 19.1 Å². The van der Waals surface area contributed by atoms with Gasteiger partial charge in [0.2, 0.25) is 0 Å². The van der Waals surface area contributed by atoms with Crippen LogP contribution in [0.3, 0.4) is 0 Å². The maximum Gasteiger partial charge on any atom is 0.0935 e. The van der Waals surface area contributed by atoms with Crippen molar-refractivity contribution in [1.29, 1.82) is 0 Å². The van der Waals surface area contributed by atoms with Crippen molar-refractivity contribution in [2.24, 2.45) is 0 Å². The molecule has 96 valence electrons. The summed E-state index contributed by atoms with van der Waals surface area (Å²) in [5.74, 6) is 0. The van der Waals surface area contributed by atoms with E-state index >= 15 is 0 Å². The second-order valence-electron chi connectivity index (χ2n) is 4.40. The maximum atomic E-state index is 5.15. The third-order valence-corrected chi connectivity index (χ3v) is 3.58. The van der Waals surface area contributed by atoms with Gasteiger partial charge in [-0.3, -0.25) is 0 Å². The lowest BCUT2D eigenvalue weighted by atomic mass is 10.0. The molecule has 0 saturated heterocycles. The zero-order chi connectivity index (χ0) is 12.8. The summed E-state index contributed by atoms with van der Waals surface area (Å²) in [7, 11) is 0. The van der Waals surface area contributed by atoms with E-state index in [1.807, 2.05) is 12.3 Å². The molecule has 1 N–H and O–H groups in total. The Labute approximate surface area is 122 Å². The molecule has 0 aliphatic heterocycles. The Morgan fingerprint density at radius 2 is 2.22 bits per heavy atom. The van der Waals surface area contributed by atoms with Crippen LogP contribution in [0.15, 0.2) is 47.3 Å². The quantitative estimate of drug-likeness (QED) is 0.787. The summed E-state index contributed by atoms with van der Waals surface area (Å²) < 4.78 is 6.43.